The van der Waals surface area contributed by atoms with E-state index in [-0.39, 0.29) is 17.5 Å². The molecule has 0 aromatic heterocycles. The van der Waals surface area contributed by atoms with Gasteiger partial charge in [0.2, 0.25) is 10.0 Å². The highest BCUT2D eigenvalue weighted by Crippen LogP contribution is 2.26. The number of hydrogen-bond donors (Lipinski definition) is 0. The Bertz CT molecular complexity index is 772. The minimum Gasteiger partial charge on any atom is -0.371 e. The second-order valence-electron chi connectivity index (χ2n) is 5.59. The first-order valence-corrected chi connectivity index (χ1v) is 8.85. The van der Waals surface area contributed by atoms with Crippen LogP contribution in [0.1, 0.15) is 17.2 Å². The summed E-state index contributed by atoms with van der Waals surface area (Å²) < 4.78 is 45.5. The number of rotatable bonds is 3. The third-order valence-corrected chi connectivity index (χ3v) is 5.81. The molecule has 122 valence electrons. The molecular weight excluding hydrogens is 317 g/mol. The molecule has 23 heavy (non-hydrogen) atoms. The molecule has 1 atom stereocenters. The van der Waals surface area contributed by atoms with E-state index in [1.165, 1.54) is 16.4 Å². The number of halogens is 1. The zero-order valence-corrected chi connectivity index (χ0v) is 13.6. The smallest absolute Gasteiger partial charge is 0.243 e. The van der Waals surface area contributed by atoms with Gasteiger partial charge in [0.05, 0.1) is 17.6 Å². The largest absolute Gasteiger partial charge is 0.371 e. The van der Waals surface area contributed by atoms with Crippen molar-refractivity contribution < 1.29 is 17.5 Å². The van der Waals surface area contributed by atoms with Crippen molar-refractivity contribution in [3.8, 4) is 0 Å². The summed E-state index contributed by atoms with van der Waals surface area (Å²) in [5, 5.41) is 0. The molecule has 3 rings (SSSR count). The maximum absolute atomic E-state index is 13.0. The first-order chi connectivity index (χ1) is 11.0. The van der Waals surface area contributed by atoms with E-state index in [4.69, 9.17) is 4.74 Å². The van der Waals surface area contributed by atoms with Crippen LogP contribution in [0, 0.1) is 12.7 Å². The topological polar surface area (TPSA) is 46.6 Å². The molecule has 1 aliphatic heterocycles. The van der Waals surface area contributed by atoms with Gasteiger partial charge in [-0.05, 0) is 36.8 Å². The van der Waals surface area contributed by atoms with E-state index in [0.717, 1.165) is 23.3 Å². The van der Waals surface area contributed by atoms with E-state index >= 15 is 0 Å². The predicted molar refractivity (Wildman–Crippen MR) is 85.0 cm³/mol. The van der Waals surface area contributed by atoms with Crippen molar-refractivity contribution in [1.82, 2.24) is 4.31 Å². The van der Waals surface area contributed by atoms with Crippen molar-refractivity contribution in [1.29, 1.82) is 0 Å². The van der Waals surface area contributed by atoms with Gasteiger partial charge in [0, 0.05) is 13.1 Å². The molecule has 1 unspecified atom stereocenters. The van der Waals surface area contributed by atoms with Crippen LogP contribution in [0.25, 0.3) is 0 Å². The molecular formula is C17H18FNO3S. The number of aryl methyl sites for hydroxylation is 1. The summed E-state index contributed by atoms with van der Waals surface area (Å²) in [6, 6.07) is 12.8. The first-order valence-electron chi connectivity index (χ1n) is 7.41. The lowest BCUT2D eigenvalue weighted by Gasteiger charge is -2.32. The molecule has 0 bridgehead atoms. The zero-order chi connectivity index (χ0) is 16.4. The Balaban J connectivity index is 1.82. The van der Waals surface area contributed by atoms with E-state index in [1.54, 1.807) is 0 Å². The Hall–Kier alpha value is -1.76. The van der Waals surface area contributed by atoms with Crippen molar-refractivity contribution in [3.63, 3.8) is 0 Å². The fourth-order valence-electron chi connectivity index (χ4n) is 2.58. The van der Waals surface area contributed by atoms with Crippen molar-refractivity contribution in [2.24, 2.45) is 0 Å². The van der Waals surface area contributed by atoms with E-state index in [0.29, 0.717) is 13.2 Å². The summed E-state index contributed by atoms with van der Waals surface area (Å²) >= 11 is 0. The quantitative estimate of drug-likeness (QED) is 0.866. The van der Waals surface area contributed by atoms with E-state index < -0.39 is 15.8 Å². The van der Waals surface area contributed by atoms with Gasteiger partial charge in [0.1, 0.15) is 5.82 Å². The summed E-state index contributed by atoms with van der Waals surface area (Å²) in [7, 11) is -3.64. The summed E-state index contributed by atoms with van der Waals surface area (Å²) in [5.41, 5.74) is 2.09. The Labute approximate surface area is 135 Å². The molecule has 0 saturated carbocycles. The van der Waals surface area contributed by atoms with Gasteiger partial charge in [0.15, 0.2) is 0 Å². The minimum absolute atomic E-state index is 0.100. The maximum atomic E-state index is 13.0. The van der Waals surface area contributed by atoms with Gasteiger partial charge in [-0.1, -0.05) is 29.8 Å². The first kappa shape index (κ1) is 16.1. The van der Waals surface area contributed by atoms with Crippen LogP contribution in [0.4, 0.5) is 4.39 Å². The summed E-state index contributed by atoms with van der Waals surface area (Å²) in [6.45, 7) is 2.88. The molecule has 0 N–H and O–H groups in total. The van der Waals surface area contributed by atoms with Gasteiger partial charge in [-0.2, -0.15) is 4.31 Å². The molecule has 6 heteroatoms. The molecule has 0 radical (unpaired) electrons. The zero-order valence-electron chi connectivity index (χ0n) is 12.8. The second-order valence-corrected chi connectivity index (χ2v) is 7.53. The van der Waals surface area contributed by atoms with Gasteiger partial charge in [0.25, 0.3) is 0 Å². The van der Waals surface area contributed by atoms with Crippen LogP contribution in [0.15, 0.2) is 53.4 Å². The Morgan fingerprint density at radius 2 is 1.74 bits per heavy atom. The van der Waals surface area contributed by atoms with Crippen LogP contribution in [0.3, 0.4) is 0 Å². The van der Waals surface area contributed by atoms with E-state index in [2.05, 4.69) is 0 Å². The van der Waals surface area contributed by atoms with Crippen LogP contribution in [-0.2, 0) is 14.8 Å². The lowest BCUT2D eigenvalue weighted by molar-refractivity contribution is -0.00256. The standard InChI is InChI=1S/C17H18FNO3S/c1-13-2-4-14(5-3-13)17-12-19(10-11-22-17)23(20,21)16-8-6-15(18)7-9-16/h2-9,17H,10-12H2,1H3. The summed E-state index contributed by atoms with van der Waals surface area (Å²) in [6.07, 6.45) is -0.292. The minimum atomic E-state index is -3.64. The molecule has 0 spiro atoms. The number of hydrogen-bond acceptors (Lipinski definition) is 3. The molecule has 2 aromatic rings. The fourth-order valence-corrected chi connectivity index (χ4v) is 4.01. The summed E-state index contributed by atoms with van der Waals surface area (Å²) in [5.74, 6) is -0.455. The highest BCUT2D eigenvalue weighted by Gasteiger charge is 2.31. The molecule has 1 saturated heterocycles. The third-order valence-electron chi connectivity index (χ3n) is 3.93. The molecule has 2 aromatic carbocycles. The number of morpholine rings is 1. The number of sulfonamides is 1. The van der Waals surface area contributed by atoms with Gasteiger partial charge >= 0.3 is 0 Å². The average Bonchev–Trinajstić information content (AvgIpc) is 2.56. The Morgan fingerprint density at radius 1 is 1.09 bits per heavy atom. The van der Waals surface area contributed by atoms with Crippen molar-refractivity contribution >= 4 is 10.0 Å². The third kappa shape index (κ3) is 3.44. The van der Waals surface area contributed by atoms with Crippen LogP contribution < -0.4 is 0 Å². The number of ether oxygens (including phenoxy) is 1. The molecule has 1 heterocycles. The van der Waals surface area contributed by atoms with Crippen LogP contribution >= 0.6 is 0 Å². The van der Waals surface area contributed by atoms with Gasteiger partial charge in [-0.3, -0.25) is 0 Å². The lowest BCUT2D eigenvalue weighted by Crippen LogP contribution is -2.42. The van der Waals surface area contributed by atoms with Crippen LogP contribution in [-0.4, -0.2) is 32.4 Å². The van der Waals surface area contributed by atoms with Crippen LogP contribution in [0.5, 0.6) is 0 Å². The number of benzene rings is 2. The number of nitrogens with zero attached hydrogens (tertiary/aromatic N) is 1. The van der Waals surface area contributed by atoms with Gasteiger partial charge in [-0.25, -0.2) is 12.8 Å². The average molecular weight is 335 g/mol. The SMILES string of the molecule is Cc1ccc(C2CN(S(=O)(=O)c3ccc(F)cc3)CCO2)cc1. The molecule has 1 aliphatic rings. The van der Waals surface area contributed by atoms with Crippen molar-refractivity contribution in [2.75, 3.05) is 19.7 Å². The van der Waals surface area contributed by atoms with Crippen LogP contribution in [0.2, 0.25) is 0 Å². The lowest BCUT2D eigenvalue weighted by atomic mass is 10.1. The summed E-state index contributed by atoms with van der Waals surface area (Å²) in [4.78, 5) is 0.100. The second kappa shape index (κ2) is 6.39. The Kier molecular flexibility index (Phi) is 4.48. The van der Waals surface area contributed by atoms with Crippen molar-refractivity contribution in [2.45, 2.75) is 17.9 Å². The van der Waals surface area contributed by atoms with E-state index in [9.17, 15) is 12.8 Å². The molecule has 1 fully saturated rings. The Morgan fingerprint density at radius 3 is 2.39 bits per heavy atom. The van der Waals surface area contributed by atoms with E-state index in [1.807, 2.05) is 31.2 Å². The fraction of sp³-hybridized carbons (Fsp3) is 0.294. The highest BCUT2D eigenvalue weighted by molar-refractivity contribution is 7.89. The van der Waals surface area contributed by atoms with Gasteiger partial charge in [-0.15, -0.1) is 0 Å². The predicted octanol–water partition coefficient (Wildman–Crippen LogP) is 2.90. The normalized spacial score (nSPS) is 19.7. The molecule has 4 nitrogen and oxygen atoms in total. The molecule has 0 aliphatic carbocycles. The monoisotopic (exact) mass is 335 g/mol. The maximum Gasteiger partial charge on any atom is 0.243 e. The van der Waals surface area contributed by atoms with Crippen molar-refractivity contribution in [3.05, 3.63) is 65.5 Å². The molecule has 0 amide bonds. The van der Waals surface area contributed by atoms with Gasteiger partial charge < -0.3 is 4.74 Å². The highest BCUT2D eigenvalue weighted by atomic mass is 32.2.